The van der Waals surface area contributed by atoms with E-state index < -0.39 is 41.6 Å². The van der Waals surface area contributed by atoms with Gasteiger partial charge in [0.05, 0.1) is 24.0 Å². The van der Waals surface area contributed by atoms with Crippen molar-refractivity contribution in [1.29, 1.82) is 0 Å². The summed E-state index contributed by atoms with van der Waals surface area (Å²) < 4.78 is 12.0. The molecule has 43 heavy (non-hydrogen) atoms. The Balaban J connectivity index is 1.61. The Morgan fingerprint density at radius 3 is 2.67 bits per heavy atom. The summed E-state index contributed by atoms with van der Waals surface area (Å²) in [6.07, 6.45) is 6.53. The maximum Gasteiger partial charge on any atom is 0.306 e. The minimum absolute atomic E-state index is 0.0641. The van der Waals surface area contributed by atoms with Crippen molar-refractivity contribution in [1.82, 2.24) is 15.1 Å². The van der Waals surface area contributed by atoms with Gasteiger partial charge in [0.1, 0.15) is 18.2 Å². The molecular formula is C33H45N3O7. The second-order valence-corrected chi connectivity index (χ2v) is 11.6. The first-order chi connectivity index (χ1) is 20.8. The van der Waals surface area contributed by atoms with Crippen molar-refractivity contribution < 1.29 is 33.8 Å². The van der Waals surface area contributed by atoms with Gasteiger partial charge >= 0.3 is 5.97 Å². The van der Waals surface area contributed by atoms with E-state index in [0.29, 0.717) is 38.8 Å². The third-order valence-electron chi connectivity index (χ3n) is 8.82. The monoisotopic (exact) mass is 595 g/mol. The average Bonchev–Trinajstić information content (AvgIpc) is 3.66. The summed E-state index contributed by atoms with van der Waals surface area (Å²) >= 11 is 0. The summed E-state index contributed by atoms with van der Waals surface area (Å²) in [7, 11) is 0. The smallest absolute Gasteiger partial charge is 0.306 e. The standard InChI is InChI=1S/C33H45N3O7/c1-4-7-15-26(38)42-22-24(23-13-10-9-11-14-23)34-30(39)27-25-16-17-33(43-25)28(27)31(40)36(20-12-21-37)29(33)32(41)35(18-6-3)19-8-5-2/h4,6,9-11,13-14,24-25,27-29,37H,1,3,5,7-8,12,15-22H2,2H3,(H,34,39)/t24-,25-,27+,28+,29-,33+/m0/s1. The first kappa shape index (κ1) is 32.4. The number of carbonyl (C=O) groups is 4. The summed E-state index contributed by atoms with van der Waals surface area (Å²) in [6.45, 7) is 10.4. The molecule has 3 amide bonds. The van der Waals surface area contributed by atoms with Gasteiger partial charge in [-0.25, -0.2) is 0 Å². The molecule has 0 radical (unpaired) electrons. The van der Waals surface area contributed by atoms with Crippen molar-refractivity contribution in [3.63, 3.8) is 0 Å². The average molecular weight is 596 g/mol. The molecule has 0 aliphatic carbocycles. The molecule has 6 atom stereocenters. The van der Waals surface area contributed by atoms with Gasteiger partial charge in [-0.2, -0.15) is 0 Å². The molecule has 234 valence electrons. The molecule has 10 nitrogen and oxygen atoms in total. The van der Waals surface area contributed by atoms with E-state index in [4.69, 9.17) is 9.47 Å². The number of aliphatic hydroxyl groups is 1. The maximum absolute atomic E-state index is 14.1. The van der Waals surface area contributed by atoms with Crippen LogP contribution in [0, 0.1) is 11.8 Å². The van der Waals surface area contributed by atoms with E-state index in [-0.39, 0.29) is 43.9 Å². The highest BCUT2D eigenvalue weighted by atomic mass is 16.5. The largest absolute Gasteiger partial charge is 0.463 e. The van der Waals surface area contributed by atoms with Gasteiger partial charge in [-0.3, -0.25) is 19.2 Å². The van der Waals surface area contributed by atoms with Crippen molar-refractivity contribution in [2.75, 3.05) is 32.8 Å². The van der Waals surface area contributed by atoms with Crippen LogP contribution in [0.4, 0.5) is 0 Å². The lowest BCUT2D eigenvalue weighted by Gasteiger charge is -2.36. The van der Waals surface area contributed by atoms with Gasteiger partial charge in [0, 0.05) is 32.7 Å². The molecule has 1 aromatic rings. The van der Waals surface area contributed by atoms with Gasteiger partial charge in [-0.15, -0.1) is 13.2 Å². The Labute approximate surface area is 254 Å². The number of likely N-dealkylation sites (tertiary alicyclic amines) is 1. The lowest BCUT2D eigenvalue weighted by atomic mass is 9.70. The van der Waals surface area contributed by atoms with Crippen LogP contribution in [-0.4, -0.2) is 89.2 Å². The fourth-order valence-corrected chi connectivity index (χ4v) is 6.83. The van der Waals surface area contributed by atoms with Crippen LogP contribution in [-0.2, 0) is 28.7 Å². The van der Waals surface area contributed by atoms with Crippen molar-refractivity contribution in [3.8, 4) is 0 Å². The number of unbranched alkanes of at least 4 members (excludes halogenated alkanes) is 1. The SMILES string of the molecule is C=CCCC(=O)OC[C@H](NC(=O)[C@@H]1[C@@H]2CC[C@]3(O2)[C@H](C(=O)N(CC=C)CCCC)N(CCCO)C(=O)[C@@H]13)c1ccccc1. The molecule has 3 fully saturated rings. The quantitative estimate of drug-likeness (QED) is 0.210. The summed E-state index contributed by atoms with van der Waals surface area (Å²) in [6, 6.07) is 7.72. The molecule has 2 bridgehead atoms. The van der Waals surface area contributed by atoms with Crippen molar-refractivity contribution in [2.45, 2.75) is 75.7 Å². The first-order valence-corrected chi connectivity index (χ1v) is 15.4. The molecule has 10 heteroatoms. The number of hydrogen-bond acceptors (Lipinski definition) is 7. The zero-order valence-corrected chi connectivity index (χ0v) is 25.1. The second-order valence-electron chi connectivity index (χ2n) is 11.6. The number of amides is 3. The first-order valence-electron chi connectivity index (χ1n) is 15.4. The minimum Gasteiger partial charge on any atom is -0.463 e. The van der Waals surface area contributed by atoms with Crippen molar-refractivity contribution in [3.05, 3.63) is 61.2 Å². The molecule has 3 aliphatic rings. The highest BCUT2D eigenvalue weighted by molar-refractivity contribution is 5.99. The third kappa shape index (κ3) is 6.70. The molecule has 2 N–H and O–H groups in total. The molecule has 0 unspecified atom stereocenters. The summed E-state index contributed by atoms with van der Waals surface area (Å²) in [5.74, 6) is -2.90. The van der Waals surface area contributed by atoms with E-state index >= 15 is 0 Å². The van der Waals surface area contributed by atoms with Crippen LogP contribution in [0.2, 0.25) is 0 Å². The van der Waals surface area contributed by atoms with E-state index in [0.717, 1.165) is 18.4 Å². The van der Waals surface area contributed by atoms with Crippen molar-refractivity contribution in [2.24, 2.45) is 11.8 Å². The number of nitrogens with one attached hydrogen (secondary N) is 1. The van der Waals surface area contributed by atoms with Crippen LogP contribution < -0.4 is 5.32 Å². The fraction of sp³-hybridized carbons (Fsp3) is 0.576. The van der Waals surface area contributed by atoms with Crippen molar-refractivity contribution >= 4 is 23.7 Å². The number of allylic oxidation sites excluding steroid dienone is 1. The Kier molecular flexibility index (Phi) is 11.2. The molecular weight excluding hydrogens is 550 g/mol. The molecule has 1 spiro atoms. The number of rotatable bonds is 17. The zero-order chi connectivity index (χ0) is 31.0. The van der Waals surface area contributed by atoms with Crippen LogP contribution >= 0.6 is 0 Å². The van der Waals surface area contributed by atoms with E-state index in [9.17, 15) is 24.3 Å². The van der Waals surface area contributed by atoms with Crippen LogP contribution in [0.3, 0.4) is 0 Å². The maximum atomic E-state index is 14.1. The molecule has 3 aliphatic heterocycles. The van der Waals surface area contributed by atoms with Gasteiger partial charge < -0.3 is 29.7 Å². The molecule has 0 saturated carbocycles. The lowest BCUT2D eigenvalue weighted by molar-refractivity contribution is -0.148. The van der Waals surface area contributed by atoms with E-state index in [1.165, 1.54) is 4.90 Å². The topological polar surface area (TPSA) is 125 Å². The number of nitrogens with zero attached hydrogens (tertiary/aromatic N) is 2. The Bertz CT molecular complexity index is 1170. The molecule has 3 heterocycles. The second kappa shape index (κ2) is 14.8. The number of carbonyl (C=O) groups excluding carboxylic acids is 4. The van der Waals surface area contributed by atoms with Crippen LogP contribution in [0.5, 0.6) is 0 Å². The Hall–Kier alpha value is -3.50. The van der Waals surface area contributed by atoms with E-state index in [1.54, 1.807) is 17.1 Å². The molecule has 3 saturated heterocycles. The molecule has 4 rings (SSSR count). The highest BCUT2D eigenvalue weighted by Crippen LogP contribution is 2.58. The predicted octanol–water partition coefficient (Wildman–Crippen LogP) is 2.93. The number of fused-ring (bicyclic) bond motifs is 1. The van der Waals surface area contributed by atoms with Gasteiger partial charge in [0.25, 0.3) is 0 Å². The number of hydrogen-bond donors (Lipinski definition) is 2. The number of ether oxygens (including phenoxy) is 2. The van der Waals surface area contributed by atoms with Crippen LogP contribution in [0.1, 0.15) is 63.5 Å². The normalized spacial score (nSPS) is 26.1. The minimum atomic E-state index is -1.12. The van der Waals surface area contributed by atoms with Gasteiger partial charge in [0.2, 0.25) is 17.7 Å². The Morgan fingerprint density at radius 2 is 2.00 bits per heavy atom. The molecule has 0 aromatic heterocycles. The van der Waals surface area contributed by atoms with Crippen LogP contribution in [0.25, 0.3) is 0 Å². The lowest BCUT2D eigenvalue weighted by Crippen LogP contribution is -2.56. The summed E-state index contributed by atoms with van der Waals surface area (Å²) in [5.41, 5.74) is -0.362. The summed E-state index contributed by atoms with van der Waals surface area (Å²) in [4.78, 5) is 57.8. The molecule has 1 aromatic carbocycles. The number of benzene rings is 1. The van der Waals surface area contributed by atoms with Crippen LogP contribution in [0.15, 0.2) is 55.6 Å². The fourth-order valence-electron chi connectivity index (χ4n) is 6.83. The third-order valence-corrected chi connectivity index (χ3v) is 8.82. The number of esters is 1. The highest BCUT2D eigenvalue weighted by Gasteiger charge is 2.74. The van der Waals surface area contributed by atoms with Gasteiger partial charge in [0.15, 0.2) is 0 Å². The predicted molar refractivity (Wildman–Crippen MR) is 160 cm³/mol. The zero-order valence-electron chi connectivity index (χ0n) is 25.1. The number of aliphatic hydroxyl groups excluding tert-OH is 1. The van der Waals surface area contributed by atoms with E-state index in [2.05, 4.69) is 18.5 Å². The van der Waals surface area contributed by atoms with E-state index in [1.807, 2.05) is 37.3 Å². The van der Waals surface area contributed by atoms with Gasteiger partial charge in [-0.05, 0) is 37.7 Å². The summed E-state index contributed by atoms with van der Waals surface area (Å²) in [5, 5.41) is 12.6. The van der Waals surface area contributed by atoms with Gasteiger partial charge in [-0.1, -0.05) is 55.8 Å². The Morgan fingerprint density at radius 1 is 1.23 bits per heavy atom.